The van der Waals surface area contributed by atoms with Gasteiger partial charge in [-0.05, 0) is 19.9 Å². The molecule has 2 aromatic rings. The Bertz CT molecular complexity index is 646. The number of nitrogens with zero attached hydrogens (tertiary/aromatic N) is 4. The molecule has 0 saturated carbocycles. The second-order valence-electron chi connectivity index (χ2n) is 4.57. The van der Waals surface area contributed by atoms with Crippen LogP contribution in [-0.2, 0) is 17.9 Å². The van der Waals surface area contributed by atoms with Crippen LogP contribution in [-0.4, -0.2) is 36.5 Å². The fourth-order valence-electron chi connectivity index (χ4n) is 1.78. The van der Waals surface area contributed by atoms with Crippen LogP contribution in [0.4, 0.5) is 0 Å². The van der Waals surface area contributed by atoms with Gasteiger partial charge in [-0.1, -0.05) is 0 Å². The quantitative estimate of drug-likeness (QED) is 0.814. The number of aryl methyl sites for hydroxylation is 1. The van der Waals surface area contributed by atoms with Crippen molar-refractivity contribution in [3.05, 3.63) is 35.9 Å². The number of hydrogen-bond donors (Lipinski definition) is 2. The van der Waals surface area contributed by atoms with Gasteiger partial charge in [-0.25, -0.2) is 4.79 Å². The molecule has 2 rings (SSSR count). The van der Waals surface area contributed by atoms with E-state index in [1.807, 2.05) is 19.2 Å². The third-order valence-corrected chi connectivity index (χ3v) is 3.09. The maximum absolute atomic E-state index is 12.0. The predicted octanol–water partition coefficient (Wildman–Crippen LogP) is 0.675. The summed E-state index contributed by atoms with van der Waals surface area (Å²) in [5.74, 6) is -1.32. The van der Waals surface area contributed by atoms with Crippen molar-refractivity contribution in [2.45, 2.75) is 33.0 Å². The number of aromatic carboxylic acids is 1. The molecule has 0 fully saturated rings. The largest absolute Gasteiger partial charge is 0.478 e. The number of nitrogens with one attached hydrogen (secondary N) is 1. The van der Waals surface area contributed by atoms with Crippen LogP contribution in [0.25, 0.3) is 0 Å². The number of hydrogen-bond acceptors (Lipinski definition) is 4. The van der Waals surface area contributed by atoms with E-state index in [0.29, 0.717) is 6.54 Å². The Morgan fingerprint density at radius 1 is 1.48 bits per heavy atom. The third kappa shape index (κ3) is 3.47. The molecule has 0 bridgehead atoms. The minimum atomic E-state index is -1.07. The molecule has 8 heteroatoms. The summed E-state index contributed by atoms with van der Waals surface area (Å²) >= 11 is 0. The smallest absolute Gasteiger partial charge is 0.338 e. The SMILES string of the molecule is CCn1ccc(CNC(=O)C(C)n2cc(C(=O)O)cn2)n1. The number of carboxylic acids is 1. The Morgan fingerprint density at radius 2 is 2.24 bits per heavy atom. The number of rotatable bonds is 6. The Labute approximate surface area is 121 Å². The zero-order valence-corrected chi connectivity index (χ0v) is 11.9. The van der Waals surface area contributed by atoms with Crippen molar-refractivity contribution in [1.82, 2.24) is 24.9 Å². The van der Waals surface area contributed by atoms with Crippen LogP contribution in [0.3, 0.4) is 0 Å². The normalized spacial score (nSPS) is 12.1. The molecule has 0 spiro atoms. The monoisotopic (exact) mass is 291 g/mol. The molecule has 8 nitrogen and oxygen atoms in total. The Balaban J connectivity index is 1.94. The highest BCUT2D eigenvalue weighted by molar-refractivity contribution is 5.87. The second kappa shape index (κ2) is 6.21. The van der Waals surface area contributed by atoms with Crippen molar-refractivity contribution < 1.29 is 14.7 Å². The first kappa shape index (κ1) is 14.8. The molecular weight excluding hydrogens is 274 g/mol. The van der Waals surface area contributed by atoms with Crippen LogP contribution in [0.2, 0.25) is 0 Å². The average molecular weight is 291 g/mol. The Hall–Kier alpha value is -2.64. The maximum atomic E-state index is 12.0. The number of amides is 1. The summed E-state index contributed by atoms with van der Waals surface area (Å²) in [7, 11) is 0. The van der Waals surface area contributed by atoms with Crippen LogP contribution in [0.5, 0.6) is 0 Å². The van der Waals surface area contributed by atoms with Crippen molar-refractivity contribution in [3.8, 4) is 0 Å². The summed E-state index contributed by atoms with van der Waals surface area (Å²) in [6, 6.07) is 1.25. The van der Waals surface area contributed by atoms with E-state index in [1.54, 1.807) is 11.6 Å². The molecule has 0 radical (unpaired) electrons. The summed E-state index contributed by atoms with van der Waals surface area (Å²) < 4.78 is 3.10. The van der Waals surface area contributed by atoms with Gasteiger partial charge in [-0.2, -0.15) is 10.2 Å². The molecule has 112 valence electrons. The molecule has 2 aromatic heterocycles. The topological polar surface area (TPSA) is 102 Å². The summed E-state index contributed by atoms with van der Waals surface area (Å²) in [6.45, 7) is 4.73. The first-order valence-electron chi connectivity index (χ1n) is 6.58. The van der Waals surface area contributed by atoms with E-state index >= 15 is 0 Å². The van der Waals surface area contributed by atoms with Gasteiger partial charge in [0.2, 0.25) is 5.91 Å². The highest BCUT2D eigenvalue weighted by atomic mass is 16.4. The van der Waals surface area contributed by atoms with Gasteiger partial charge in [0.05, 0.1) is 24.0 Å². The standard InChI is InChI=1S/C13H17N5O3/c1-3-17-5-4-11(16-17)7-14-12(19)9(2)18-8-10(6-15-18)13(20)21/h4-6,8-9H,3,7H2,1-2H3,(H,14,19)(H,20,21). The van der Waals surface area contributed by atoms with Crippen molar-refractivity contribution in [2.75, 3.05) is 0 Å². The van der Waals surface area contributed by atoms with Gasteiger partial charge in [-0.15, -0.1) is 0 Å². The zero-order valence-electron chi connectivity index (χ0n) is 11.9. The number of aromatic nitrogens is 4. The molecule has 21 heavy (non-hydrogen) atoms. The summed E-state index contributed by atoms with van der Waals surface area (Å²) in [5, 5.41) is 19.7. The van der Waals surface area contributed by atoms with Crippen LogP contribution in [0.15, 0.2) is 24.7 Å². The fraction of sp³-hybridized carbons (Fsp3) is 0.385. The molecule has 0 aromatic carbocycles. The van der Waals surface area contributed by atoms with E-state index in [-0.39, 0.29) is 11.5 Å². The van der Waals surface area contributed by atoms with Gasteiger partial charge in [0.15, 0.2) is 0 Å². The average Bonchev–Trinajstić information content (AvgIpc) is 3.12. The molecule has 1 unspecified atom stereocenters. The van der Waals surface area contributed by atoms with E-state index < -0.39 is 12.0 Å². The van der Waals surface area contributed by atoms with E-state index in [4.69, 9.17) is 5.11 Å². The zero-order chi connectivity index (χ0) is 15.4. The maximum Gasteiger partial charge on any atom is 0.338 e. The number of carbonyl (C=O) groups is 2. The molecule has 0 aliphatic rings. The first-order valence-corrected chi connectivity index (χ1v) is 6.58. The lowest BCUT2D eigenvalue weighted by molar-refractivity contribution is -0.124. The number of carboxylic acid groups (broad SMARTS) is 1. The Morgan fingerprint density at radius 3 is 2.81 bits per heavy atom. The lowest BCUT2D eigenvalue weighted by atomic mass is 10.3. The fourth-order valence-corrected chi connectivity index (χ4v) is 1.78. The lowest BCUT2D eigenvalue weighted by Gasteiger charge is -2.11. The van der Waals surface area contributed by atoms with Gasteiger partial charge >= 0.3 is 5.97 Å². The van der Waals surface area contributed by atoms with Gasteiger partial charge in [-0.3, -0.25) is 14.2 Å². The summed E-state index contributed by atoms with van der Waals surface area (Å²) in [6.07, 6.45) is 4.39. The van der Waals surface area contributed by atoms with Gasteiger partial charge in [0.1, 0.15) is 6.04 Å². The Kier molecular flexibility index (Phi) is 4.36. The molecule has 0 aliphatic heterocycles. The van der Waals surface area contributed by atoms with Gasteiger partial charge in [0, 0.05) is 18.9 Å². The summed E-state index contributed by atoms with van der Waals surface area (Å²) in [4.78, 5) is 22.8. The van der Waals surface area contributed by atoms with Crippen molar-refractivity contribution >= 4 is 11.9 Å². The highest BCUT2D eigenvalue weighted by Gasteiger charge is 2.17. The van der Waals surface area contributed by atoms with E-state index in [9.17, 15) is 9.59 Å². The molecular formula is C13H17N5O3. The van der Waals surface area contributed by atoms with E-state index in [0.717, 1.165) is 12.2 Å². The van der Waals surface area contributed by atoms with Crippen molar-refractivity contribution in [1.29, 1.82) is 0 Å². The molecule has 0 saturated heterocycles. The van der Waals surface area contributed by atoms with E-state index in [1.165, 1.54) is 17.1 Å². The van der Waals surface area contributed by atoms with Crippen molar-refractivity contribution in [2.24, 2.45) is 0 Å². The van der Waals surface area contributed by atoms with Crippen LogP contribution < -0.4 is 5.32 Å². The number of carbonyl (C=O) groups excluding carboxylic acids is 1. The molecule has 2 heterocycles. The molecule has 1 amide bonds. The molecule has 2 N–H and O–H groups in total. The minimum Gasteiger partial charge on any atom is -0.478 e. The van der Waals surface area contributed by atoms with Gasteiger partial charge < -0.3 is 10.4 Å². The van der Waals surface area contributed by atoms with Crippen molar-refractivity contribution in [3.63, 3.8) is 0 Å². The second-order valence-corrected chi connectivity index (χ2v) is 4.57. The first-order chi connectivity index (χ1) is 10.0. The summed E-state index contributed by atoms with van der Waals surface area (Å²) in [5.41, 5.74) is 0.820. The van der Waals surface area contributed by atoms with Crippen LogP contribution in [0.1, 0.15) is 35.9 Å². The van der Waals surface area contributed by atoms with Crippen LogP contribution in [0, 0.1) is 0 Å². The predicted molar refractivity (Wildman–Crippen MR) is 73.6 cm³/mol. The minimum absolute atomic E-state index is 0.0522. The van der Waals surface area contributed by atoms with Gasteiger partial charge in [0.25, 0.3) is 0 Å². The highest BCUT2D eigenvalue weighted by Crippen LogP contribution is 2.07. The molecule has 0 aliphatic carbocycles. The molecule has 1 atom stereocenters. The lowest BCUT2D eigenvalue weighted by Crippen LogP contribution is -2.31. The van der Waals surface area contributed by atoms with Crippen LogP contribution >= 0.6 is 0 Å². The third-order valence-electron chi connectivity index (χ3n) is 3.09. The van der Waals surface area contributed by atoms with E-state index in [2.05, 4.69) is 15.5 Å².